The molecule has 0 N–H and O–H groups in total. The van der Waals surface area contributed by atoms with Crippen molar-refractivity contribution in [2.45, 2.75) is 79.1 Å². The van der Waals surface area contributed by atoms with Gasteiger partial charge in [0.15, 0.2) is 0 Å². The monoisotopic (exact) mass is 398 g/mol. The molecule has 0 saturated carbocycles. The summed E-state index contributed by atoms with van der Waals surface area (Å²) in [5.74, 6) is 0. The summed E-state index contributed by atoms with van der Waals surface area (Å²) < 4.78 is 3.70. The van der Waals surface area contributed by atoms with E-state index in [1.165, 1.54) is 51.4 Å². The third kappa shape index (κ3) is 5.93. The second kappa shape index (κ2) is 11.3. The number of unbranched alkanes of at least 4 members (excludes halogenated alkanes) is 2. The molecule has 0 unspecified atom stereocenters. The van der Waals surface area contributed by atoms with Crippen LogP contribution in [0.3, 0.4) is 0 Å². The SMILES string of the molecule is CCCCC1=CC[C]([Zr+2][C]2=C(C)C(CCCC)=CC2)=C1C.[F-].[F-]. The first kappa shape index (κ1) is 22.7. The fourth-order valence-corrected chi connectivity index (χ4v) is 6.85. The molecule has 0 aromatic heterocycles. The van der Waals surface area contributed by atoms with E-state index in [9.17, 15) is 0 Å². The summed E-state index contributed by atoms with van der Waals surface area (Å²) in [5.41, 5.74) is 6.70. The van der Waals surface area contributed by atoms with Gasteiger partial charge in [0, 0.05) is 0 Å². The van der Waals surface area contributed by atoms with E-state index in [-0.39, 0.29) is 9.41 Å². The van der Waals surface area contributed by atoms with Gasteiger partial charge in [-0.3, -0.25) is 0 Å². The van der Waals surface area contributed by atoms with Gasteiger partial charge in [-0.15, -0.1) is 0 Å². The van der Waals surface area contributed by atoms with Crippen molar-refractivity contribution < 1.29 is 32.6 Å². The predicted molar refractivity (Wildman–Crippen MR) is 89.9 cm³/mol. The van der Waals surface area contributed by atoms with E-state index < -0.39 is 23.2 Å². The number of hydrogen-bond donors (Lipinski definition) is 0. The third-order valence-electron chi connectivity index (χ3n) is 4.87. The van der Waals surface area contributed by atoms with Crippen LogP contribution in [0.25, 0.3) is 0 Å². The van der Waals surface area contributed by atoms with Crippen molar-refractivity contribution in [1.82, 2.24) is 0 Å². The molecule has 0 amide bonds. The van der Waals surface area contributed by atoms with Gasteiger partial charge in [0.1, 0.15) is 0 Å². The summed E-state index contributed by atoms with van der Waals surface area (Å²) in [7, 11) is 0. The maximum Gasteiger partial charge on any atom is -1.00 e. The fourth-order valence-electron chi connectivity index (χ4n) is 3.24. The Morgan fingerprint density at radius 2 is 1.17 bits per heavy atom. The molecular weight excluding hydrogens is 369 g/mol. The molecule has 128 valence electrons. The molecule has 0 bridgehead atoms. The first-order chi connectivity index (χ1) is 10.2. The zero-order chi connectivity index (χ0) is 15.2. The second-order valence-electron chi connectivity index (χ2n) is 6.41. The topological polar surface area (TPSA) is 0 Å². The van der Waals surface area contributed by atoms with E-state index in [2.05, 4.69) is 39.8 Å². The normalized spacial score (nSPS) is 16.7. The summed E-state index contributed by atoms with van der Waals surface area (Å²) in [4.78, 5) is 0. The second-order valence-corrected chi connectivity index (χ2v) is 9.99. The summed E-state index contributed by atoms with van der Waals surface area (Å²) in [6.45, 7) is 9.37. The van der Waals surface area contributed by atoms with Gasteiger partial charge >= 0.3 is 143 Å². The number of allylic oxidation sites excluding steroid dienone is 8. The summed E-state index contributed by atoms with van der Waals surface area (Å²) in [5, 5.41) is 0. The molecule has 23 heavy (non-hydrogen) atoms. The van der Waals surface area contributed by atoms with Gasteiger partial charge in [-0.1, -0.05) is 0 Å². The quantitative estimate of drug-likeness (QED) is 0.563. The number of rotatable bonds is 8. The molecule has 2 aliphatic rings. The standard InChI is InChI=1S/2C10H15.2FH.Zr/c2*1-3-4-7-10-8-5-6-9(10)2;;;/h2*8H,3-5,7H2,1-2H3;2*1H;/q;;;;+2/p-2. The first-order valence-electron chi connectivity index (χ1n) is 8.72. The number of halogens is 2. The first-order valence-corrected chi connectivity index (χ1v) is 11.2. The van der Waals surface area contributed by atoms with Gasteiger partial charge in [-0.2, -0.15) is 0 Å². The smallest absolute Gasteiger partial charge is 1.00 e. The van der Waals surface area contributed by atoms with E-state index in [1.54, 1.807) is 22.3 Å². The molecule has 0 nitrogen and oxygen atoms in total. The Morgan fingerprint density at radius 1 is 0.783 bits per heavy atom. The molecule has 0 aromatic carbocycles. The maximum absolute atomic E-state index is 2.53. The third-order valence-corrected chi connectivity index (χ3v) is 9.21. The summed E-state index contributed by atoms with van der Waals surface area (Å²) in [6.07, 6.45) is 15.6. The molecule has 0 radical (unpaired) electrons. The molecule has 3 heteroatoms. The van der Waals surface area contributed by atoms with Crippen LogP contribution in [0.1, 0.15) is 79.1 Å². The summed E-state index contributed by atoms with van der Waals surface area (Å²) >= 11 is -0.500. The van der Waals surface area contributed by atoms with E-state index in [1.807, 2.05) is 6.56 Å². The Kier molecular flexibility index (Phi) is 11.1. The predicted octanol–water partition coefficient (Wildman–Crippen LogP) is 0.666. The average Bonchev–Trinajstić information content (AvgIpc) is 3.00. The van der Waals surface area contributed by atoms with Crippen molar-refractivity contribution in [1.29, 1.82) is 0 Å². The molecule has 0 aromatic rings. The van der Waals surface area contributed by atoms with Gasteiger partial charge in [-0.05, 0) is 0 Å². The van der Waals surface area contributed by atoms with Crippen LogP contribution in [-0.4, -0.2) is 0 Å². The molecule has 0 atom stereocenters. The molecule has 0 saturated heterocycles. The Hall–Kier alpha value is -0.297. The van der Waals surface area contributed by atoms with Crippen LogP contribution in [0, 0.1) is 0 Å². The minimum atomic E-state index is -0.500. The van der Waals surface area contributed by atoms with Crippen molar-refractivity contribution in [3.8, 4) is 0 Å². The minimum absolute atomic E-state index is 0. The van der Waals surface area contributed by atoms with E-state index in [4.69, 9.17) is 0 Å². The molecule has 0 heterocycles. The van der Waals surface area contributed by atoms with Crippen LogP contribution in [0.4, 0.5) is 0 Å². The van der Waals surface area contributed by atoms with Gasteiger partial charge in [0.05, 0.1) is 0 Å². The van der Waals surface area contributed by atoms with E-state index in [0.717, 1.165) is 0 Å². The number of hydrogen-bond acceptors (Lipinski definition) is 0. The van der Waals surface area contributed by atoms with Crippen LogP contribution < -0.4 is 9.41 Å². The Morgan fingerprint density at radius 3 is 1.52 bits per heavy atom. The molecule has 0 spiro atoms. The molecule has 2 aliphatic carbocycles. The zero-order valence-corrected chi connectivity index (χ0v) is 17.5. The minimum Gasteiger partial charge on any atom is -1.00 e. The van der Waals surface area contributed by atoms with Crippen molar-refractivity contribution in [3.63, 3.8) is 0 Å². The van der Waals surface area contributed by atoms with Gasteiger partial charge in [0.2, 0.25) is 0 Å². The Balaban J connectivity index is 0.00000242. The zero-order valence-electron chi connectivity index (χ0n) is 15.1. The van der Waals surface area contributed by atoms with Crippen LogP contribution >= 0.6 is 0 Å². The van der Waals surface area contributed by atoms with Crippen molar-refractivity contribution in [2.75, 3.05) is 0 Å². The van der Waals surface area contributed by atoms with Gasteiger partial charge < -0.3 is 9.41 Å². The van der Waals surface area contributed by atoms with Crippen molar-refractivity contribution >= 4 is 0 Å². The average molecular weight is 400 g/mol. The van der Waals surface area contributed by atoms with Crippen molar-refractivity contribution in [2.24, 2.45) is 0 Å². The maximum atomic E-state index is 2.53. The Labute approximate surface area is 152 Å². The van der Waals surface area contributed by atoms with E-state index in [0.29, 0.717) is 0 Å². The van der Waals surface area contributed by atoms with E-state index >= 15 is 0 Å². The molecule has 0 aliphatic heterocycles. The molecular formula is C20H30F2Zr. The molecule has 0 fully saturated rings. The fraction of sp³-hybridized carbons (Fsp3) is 0.600. The van der Waals surface area contributed by atoms with Crippen LogP contribution in [0.5, 0.6) is 0 Å². The van der Waals surface area contributed by atoms with Crippen LogP contribution in [-0.2, 0) is 23.2 Å². The summed E-state index contributed by atoms with van der Waals surface area (Å²) in [6, 6.07) is 0. The van der Waals surface area contributed by atoms with Crippen LogP contribution in [0.15, 0.2) is 41.0 Å². The molecule has 2 rings (SSSR count). The van der Waals surface area contributed by atoms with Gasteiger partial charge in [-0.25, -0.2) is 0 Å². The van der Waals surface area contributed by atoms with Crippen LogP contribution in [0.2, 0.25) is 0 Å². The van der Waals surface area contributed by atoms with Crippen molar-refractivity contribution in [3.05, 3.63) is 41.0 Å². The largest absolute Gasteiger partial charge is 1.00 e. The Bertz CT molecular complexity index is 464. The van der Waals surface area contributed by atoms with Gasteiger partial charge in [0.25, 0.3) is 0 Å².